The van der Waals surface area contributed by atoms with Crippen LogP contribution in [0.5, 0.6) is 0 Å². The van der Waals surface area contributed by atoms with Gasteiger partial charge in [-0.15, -0.1) is 0 Å². The van der Waals surface area contributed by atoms with Gasteiger partial charge in [-0.25, -0.2) is 4.79 Å². The second kappa shape index (κ2) is 1.97. The number of alkyl carbamates (subject to hydrolysis) is 1. The molecule has 0 radical (unpaired) electrons. The lowest BCUT2D eigenvalue weighted by atomic mass is 9.80. The van der Waals surface area contributed by atoms with E-state index in [1.54, 1.807) is 0 Å². The molecular formula is C10H11NO2. The van der Waals surface area contributed by atoms with Crippen LogP contribution >= 0.6 is 0 Å². The van der Waals surface area contributed by atoms with Crippen molar-refractivity contribution in [3.8, 4) is 0 Å². The van der Waals surface area contributed by atoms with Crippen molar-refractivity contribution in [1.29, 1.82) is 0 Å². The van der Waals surface area contributed by atoms with Gasteiger partial charge in [-0.2, -0.15) is 0 Å². The number of carbonyl (C=O) groups is 1. The van der Waals surface area contributed by atoms with E-state index in [0.717, 1.165) is 19.3 Å². The van der Waals surface area contributed by atoms with Crippen molar-refractivity contribution >= 4 is 6.09 Å². The van der Waals surface area contributed by atoms with E-state index < -0.39 is 0 Å². The first kappa shape index (κ1) is 7.18. The van der Waals surface area contributed by atoms with Gasteiger partial charge < -0.3 is 10.1 Å². The van der Waals surface area contributed by atoms with Gasteiger partial charge in [-0.3, -0.25) is 0 Å². The van der Waals surface area contributed by atoms with Crippen LogP contribution in [-0.4, -0.2) is 17.2 Å². The Kier molecular flexibility index (Phi) is 1.09. The molecule has 68 valence electrons. The predicted octanol–water partition coefficient (Wildman–Crippen LogP) is 1.51. The summed E-state index contributed by atoms with van der Waals surface area (Å²) in [6, 6.07) is 0. The largest absolute Gasteiger partial charge is 0.436 e. The number of nitrogens with one attached hydrogen (secondary N) is 1. The normalized spacial score (nSPS) is 45.4. The molecule has 3 aliphatic rings. The number of allylic oxidation sites excluding steroid dienone is 2. The molecule has 0 aromatic heterocycles. The zero-order chi connectivity index (χ0) is 8.94. The summed E-state index contributed by atoms with van der Waals surface area (Å²) in [6.07, 6.45) is 10.8. The molecule has 3 nitrogen and oxygen atoms in total. The van der Waals surface area contributed by atoms with Gasteiger partial charge in [0.25, 0.3) is 0 Å². The number of rotatable bonds is 0. The minimum absolute atomic E-state index is 0.237. The average Bonchev–Trinajstić information content (AvgIpc) is 2.54. The maximum Gasteiger partial charge on any atom is 0.408 e. The number of ether oxygens (including phenoxy) is 1. The standard InChI is InChI=1S/C10H11NO2/c12-8-11-9-4-1-2-6-10(9,13-8)7-3-5-9/h1-2,4,6H,3,5,7H2,(H,11,12)/t9-,10+/m1/s1. The Labute approximate surface area is 76.5 Å². The van der Waals surface area contributed by atoms with E-state index in [-0.39, 0.29) is 17.2 Å². The number of hydrogen-bond donors (Lipinski definition) is 1. The molecule has 1 heterocycles. The highest BCUT2D eigenvalue weighted by Crippen LogP contribution is 2.49. The van der Waals surface area contributed by atoms with Crippen molar-refractivity contribution in [1.82, 2.24) is 5.32 Å². The van der Waals surface area contributed by atoms with E-state index in [2.05, 4.69) is 11.4 Å². The molecule has 1 saturated carbocycles. The van der Waals surface area contributed by atoms with E-state index >= 15 is 0 Å². The number of carbonyl (C=O) groups excluding carboxylic acids is 1. The van der Waals surface area contributed by atoms with Crippen LogP contribution in [0, 0.1) is 0 Å². The SMILES string of the molecule is O=C1N[C@@]23C=CC=C[C@@]2(CCC3)O1. The van der Waals surface area contributed by atoms with Crippen molar-refractivity contribution in [2.45, 2.75) is 30.4 Å². The summed E-state index contributed by atoms with van der Waals surface area (Å²) in [4.78, 5) is 11.2. The van der Waals surface area contributed by atoms with Crippen molar-refractivity contribution in [3.63, 3.8) is 0 Å². The molecule has 3 heteroatoms. The number of hydrogen-bond acceptors (Lipinski definition) is 2. The molecule has 13 heavy (non-hydrogen) atoms. The monoisotopic (exact) mass is 177 g/mol. The fourth-order valence-electron chi connectivity index (χ4n) is 2.71. The van der Waals surface area contributed by atoms with Crippen molar-refractivity contribution in [2.24, 2.45) is 0 Å². The molecule has 1 saturated heterocycles. The summed E-state index contributed by atoms with van der Waals surface area (Å²) in [6.45, 7) is 0. The Hall–Kier alpha value is -1.25. The van der Waals surface area contributed by atoms with E-state index in [4.69, 9.17) is 4.74 Å². The Morgan fingerprint density at radius 2 is 2.15 bits per heavy atom. The molecule has 0 aromatic rings. The second-order valence-corrected chi connectivity index (χ2v) is 3.95. The first-order chi connectivity index (χ1) is 6.27. The minimum Gasteiger partial charge on any atom is -0.436 e. The van der Waals surface area contributed by atoms with Crippen LogP contribution in [0.25, 0.3) is 0 Å². The van der Waals surface area contributed by atoms with Crippen molar-refractivity contribution in [3.05, 3.63) is 24.3 Å². The third-order valence-corrected chi connectivity index (χ3v) is 3.33. The van der Waals surface area contributed by atoms with Crippen LogP contribution < -0.4 is 5.32 Å². The fraction of sp³-hybridized carbons (Fsp3) is 0.500. The molecule has 2 atom stereocenters. The Bertz CT molecular complexity index is 304. The lowest BCUT2D eigenvalue weighted by molar-refractivity contribution is 0.0721. The quantitative estimate of drug-likeness (QED) is 0.609. The molecule has 0 aromatic carbocycles. The molecule has 0 spiro atoms. The van der Waals surface area contributed by atoms with E-state index in [1.807, 2.05) is 18.2 Å². The highest BCUT2D eigenvalue weighted by atomic mass is 16.6. The Morgan fingerprint density at radius 1 is 1.31 bits per heavy atom. The maximum atomic E-state index is 11.2. The van der Waals surface area contributed by atoms with Crippen molar-refractivity contribution in [2.75, 3.05) is 0 Å². The third kappa shape index (κ3) is 0.682. The summed E-state index contributed by atoms with van der Waals surface area (Å²) in [7, 11) is 0. The lowest BCUT2D eigenvalue weighted by Crippen LogP contribution is -2.51. The molecule has 0 unspecified atom stereocenters. The van der Waals surface area contributed by atoms with Crippen LogP contribution in [0.1, 0.15) is 19.3 Å². The first-order valence-corrected chi connectivity index (χ1v) is 4.65. The predicted molar refractivity (Wildman–Crippen MR) is 47.2 cm³/mol. The summed E-state index contributed by atoms with van der Waals surface area (Å²) in [5, 5.41) is 2.92. The molecular weight excluding hydrogens is 166 g/mol. The van der Waals surface area contributed by atoms with Gasteiger partial charge in [0.15, 0.2) is 5.60 Å². The molecule has 0 bridgehead atoms. The van der Waals surface area contributed by atoms with Gasteiger partial charge in [0.05, 0.1) is 0 Å². The smallest absolute Gasteiger partial charge is 0.408 e. The minimum atomic E-state index is -0.376. The molecule has 3 rings (SSSR count). The molecule has 1 aliphatic heterocycles. The average molecular weight is 177 g/mol. The zero-order valence-corrected chi connectivity index (χ0v) is 7.25. The second-order valence-electron chi connectivity index (χ2n) is 3.95. The lowest BCUT2D eigenvalue weighted by Gasteiger charge is -2.33. The Balaban J connectivity index is 2.16. The number of amides is 1. The van der Waals surface area contributed by atoms with Crippen LogP contribution in [0.4, 0.5) is 4.79 Å². The maximum absolute atomic E-state index is 11.2. The van der Waals surface area contributed by atoms with E-state index in [9.17, 15) is 4.79 Å². The highest BCUT2D eigenvalue weighted by Gasteiger charge is 2.61. The van der Waals surface area contributed by atoms with Crippen LogP contribution in [0.3, 0.4) is 0 Å². The first-order valence-electron chi connectivity index (χ1n) is 4.65. The van der Waals surface area contributed by atoms with E-state index in [0.29, 0.717) is 0 Å². The van der Waals surface area contributed by atoms with Crippen LogP contribution in [0.2, 0.25) is 0 Å². The van der Waals surface area contributed by atoms with Crippen molar-refractivity contribution < 1.29 is 9.53 Å². The van der Waals surface area contributed by atoms with Crippen LogP contribution in [0.15, 0.2) is 24.3 Å². The summed E-state index contributed by atoms with van der Waals surface area (Å²) in [5.41, 5.74) is -0.613. The Morgan fingerprint density at radius 3 is 3.00 bits per heavy atom. The molecule has 1 N–H and O–H groups in total. The highest BCUT2D eigenvalue weighted by molar-refractivity contribution is 5.75. The van der Waals surface area contributed by atoms with Gasteiger partial charge in [-0.05, 0) is 25.3 Å². The topological polar surface area (TPSA) is 38.3 Å². The van der Waals surface area contributed by atoms with E-state index in [1.165, 1.54) is 0 Å². The summed E-state index contributed by atoms with van der Waals surface area (Å²) < 4.78 is 5.38. The van der Waals surface area contributed by atoms with Gasteiger partial charge in [0, 0.05) is 0 Å². The molecule has 2 aliphatic carbocycles. The zero-order valence-electron chi connectivity index (χ0n) is 7.25. The molecule has 2 fully saturated rings. The fourth-order valence-corrected chi connectivity index (χ4v) is 2.71. The van der Waals surface area contributed by atoms with Gasteiger partial charge in [0.1, 0.15) is 5.54 Å². The van der Waals surface area contributed by atoms with Gasteiger partial charge in [-0.1, -0.05) is 18.2 Å². The van der Waals surface area contributed by atoms with Gasteiger partial charge in [0.2, 0.25) is 0 Å². The molecule has 1 amide bonds. The third-order valence-electron chi connectivity index (χ3n) is 3.33. The van der Waals surface area contributed by atoms with Crippen LogP contribution in [-0.2, 0) is 4.74 Å². The van der Waals surface area contributed by atoms with Gasteiger partial charge >= 0.3 is 6.09 Å². The summed E-state index contributed by atoms with van der Waals surface area (Å²) in [5.74, 6) is 0. The summed E-state index contributed by atoms with van der Waals surface area (Å²) >= 11 is 0.